The molecule has 2 amide bonds. The summed E-state index contributed by atoms with van der Waals surface area (Å²) in [5, 5.41) is 81.1. The van der Waals surface area contributed by atoms with Crippen LogP contribution < -0.4 is 10.6 Å². The van der Waals surface area contributed by atoms with Crippen molar-refractivity contribution in [3.05, 3.63) is 44.5 Å². The molecule has 2 fully saturated rings. The van der Waals surface area contributed by atoms with Gasteiger partial charge in [-0.2, -0.15) is 0 Å². The lowest BCUT2D eigenvalue weighted by molar-refractivity contribution is 0.0352. The summed E-state index contributed by atoms with van der Waals surface area (Å²) in [6.45, 7) is 21.7. The highest BCUT2D eigenvalue weighted by molar-refractivity contribution is 6.79. The first kappa shape index (κ1) is 47.1. The Kier molecular flexibility index (Phi) is 6.00. The van der Waals surface area contributed by atoms with E-state index in [1.165, 1.54) is 0 Å². The van der Waals surface area contributed by atoms with Crippen LogP contribution in [0.4, 0.5) is 9.59 Å². The van der Waals surface area contributed by atoms with Crippen molar-refractivity contribution in [2.45, 2.75) is 74.4 Å². The van der Waals surface area contributed by atoms with E-state index in [-0.39, 0.29) is 21.7 Å². The number of nitrogens with one attached hydrogen (secondary N) is 2. The molecule has 12 nitrogen and oxygen atoms in total. The second-order valence-corrected chi connectivity index (χ2v) is 35.3. The van der Waals surface area contributed by atoms with E-state index in [0.29, 0.717) is 65.9 Å². The molecule has 98 heavy (non-hydrogen) atoms. The van der Waals surface area contributed by atoms with Crippen molar-refractivity contribution in [2.75, 3.05) is 105 Å². The zero-order chi connectivity index (χ0) is 62.6. The second kappa shape index (κ2) is 12.5. The molecule has 2 saturated heterocycles. The van der Waals surface area contributed by atoms with Gasteiger partial charge in [0, 0.05) is 52.4 Å². The number of ether oxygens (including phenoxy) is 6. The molecule has 0 saturated carbocycles. The number of alkyl carbamates (subject to hydrolysis) is 2. The first-order chi connectivity index (χ1) is 47.8. The Morgan fingerprint density at radius 1 is 0.276 bits per heavy atom. The van der Waals surface area contributed by atoms with Crippen LogP contribution in [0.5, 0.6) is 0 Å². The van der Waals surface area contributed by atoms with Gasteiger partial charge in [0.2, 0.25) is 0 Å². The SMILES string of the molecule is CC(C)(C)OC(=O)NCCOCCOCCN1CC23c4c5c6c7c8c9c%10c%11c%12c%13c%14c(c-5c5c%15c%16c(c%17c%18c2c2c4c7c4c8c7c%10c8c%10c%11c%11c%13c(c%14%15)c%13c%16c%14c%17c%15c%18c%16c2c4c2c7c8c4c(c%162)c%15c2c%14c%13c%11c%10c24)C53C1)C61CN(CCOCCOCCNC(=O)OC(C)(C)C)CC9%121. The van der Waals surface area contributed by atoms with Crippen LogP contribution in [-0.4, -0.2) is 138 Å². The number of hydrogen-bond acceptors (Lipinski definition) is 10. The van der Waals surface area contributed by atoms with Gasteiger partial charge in [-0.1, -0.05) is 0 Å². The number of benzene rings is 16. The van der Waals surface area contributed by atoms with E-state index in [1.807, 2.05) is 41.5 Å². The van der Waals surface area contributed by atoms with Crippen LogP contribution in [0.25, 0.3) is 259 Å². The summed E-state index contributed by atoms with van der Waals surface area (Å²) in [5.41, 5.74) is 14.8. The molecule has 2 aliphatic heterocycles. The second-order valence-electron chi connectivity index (χ2n) is 35.3. The molecule has 4 spiro atoms. The molecule has 24 aromatic rings. The molecule has 34 rings (SSSR count). The number of carbonyl (C=O) groups excluding carboxylic acids is 2. The number of likely N-dealkylation sites (tertiary alicyclic amines) is 2. The first-order valence-corrected chi connectivity index (χ1v) is 36.6. The van der Waals surface area contributed by atoms with Crippen LogP contribution in [0.3, 0.4) is 0 Å². The number of nitrogens with zero attached hydrogens (tertiary/aromatic N) is 2. The minimum atomic E-state index is -0.550. The van der Waals surface area contributed by atoms with E-state index in [1.54, 1.807) is 303 Å². The maximum atomic E-state index is 12.4. The molecule has 24 aromatic carbocycles. The minimum absolute atomic E-state index is 0.320. The van der Waals surface area contributed by atoms with Gasteiger partial charge in [-0.3, -0.25) is 9.80 Å². The van der Waals surface area contributed by atoms with Gasteiger partial charge in [0.05, 0.1) is 74.5 Å². The highest BCUT2D eigenvalue weighted by atomic mass is 16.6. The lowest BCUT2D eigenvalue weighted by Crippen LogP contribution is -2.51. The van der Waals surface area contributed by atoms with Crippen LogP contribution in [0.2, 0.25) is 0 Å². The third kappa shape index (κ3) is 3.47. The van der Waals surface area contributed by atoms with Gasteiger partial charge in [-0.05, 0) is 345 Å². The summed E-state index contributed by atoms with van der Waals surface area (Å²) in [5.74, 6) is 0. The van der Waals surface area contributed by atoms with Crippen LogP contribution >= 0.6 is 0 Å². The van der Waals surface area contributed by atoms with E-state index in [4.69, 9.17) is 28.4 Å². The fourth-order valence-corrected chi connectivity index (χ4v) is 29.7. The van der Waals surface area contributed by atoms with Crippen molar-refractivity contribution in [3.63, 3.8) is 0 Å². The lowest BCUT2D eigenvalue weighted by Gasteiger charge is -2.50. The fourth-order valence-electron chi connectivity index (χ4n) is 29.7. The van der Waals surface area contributed by atoms with Crippen molar-refractivity contribution >= 4 is 260 Å². The minimum Gasteiger partial charge on any atom is -0.444 e. The van der Waals surface area contributed by atoms with E-state index < -0.39 is 23.4 Å². The van der Waals surface area contributed by atoms with Crippen LogP contribution in [0, 0.1) is 0 Å². The number of amides is 2. The summed E-state index contributed by atoms with van der Waals surface area (Å²) >= 11 is 0. The van der Waals surface area contributed by atoms with Crippen molar-refractivity contribution in [2.24, 2.45) is 0 Å². The third-order valence-corrected chi connectivity index (χ3v) is 30.4. The summed E-state index contributed by atoms with van der Waals surface area (Å²) in [6.07, 6.45) is -0.836. The molecule has 2 N–H and O–H groups in total. The number of carbonyl (C=O) groups is 2. The molecule has 2 heterocycles. The molecular formula is C86H52N4O8. The molecule has 0 radical (unpaired) electrons. The molecule has 0 aromatic heterocycles. The normalized spacial score (nSPS) is 24.1. The summed E-state index contributed by atoms with van der Waals surface area (Å²) in [6, 6.07) is 0. The molecule has 2 atom stereocenters. The average molecular weight is 1270 g/mol. The predicted octanol–water partition coefficient (Wildman–Crippen LogP) is 16.6. The van der Waals surface area contributed by atoms with Crippen LogP contribution in [0.15, 0.2) is 0 Å². The third-order valence-electron chi connectivity index (χ3n) is 30.4. The van der Waals surface area contributed by atoms with Crippen molar-refractivity contribution in [3.8, 4) is 11.1 Å². The molecule has 12 heteroatoms. The summed E-state index contributed by atoms with van der Waals surface area (Å²) < 4.78 is 36.6. The zero-order valence-electron chi connectivity index (χ0n) is 54.5. The van der Waals surface area contributed by atoms with E-state index in [2.05, 4.69) is 20.4 Å². The van der Waals surface area contributed by atoms with Crippen LogP contribution in [-0.2, 0) is 50.1 Å². The molecule has 10 aliphatic rings. The topological polar surface area (TPSA) is 120 Å². The smallest absolute Gasteiger partial charge is 0.407 e. The van der Waals surface area contributed by atoms with Gasteiger partial charge < -0.3 is 39.1 Å². The number of hydrogen-bond donors (Lipinski definition) is 2. The van der Waals surface area contributed by atoms with Gasteiger partial charge >= 0.3 is 12.2 Å². The summed E-state index contributed by atoms with van der Waals surface area (Å²) in [7, 11) is 0. The van der Waals surface area contributed by atoms with Crippen molar-refractivity contribution in [1.29, 1.82) is 0 Å². The largest absolute Gasteiger partial charge is 0.444 e. The van der Waals surface area contributed by atoms with E-state index in [9.17, 15) is 9.59 Å². The molecule has 8 aliphatic carbocycles. The Hall–Kier alpha value is -8.98. The van der Waals surface area contributed by atoms with Crippen LogP contribution in [0.1, 0.15) is 86.1 Å². The van der Waals surface area contributed by atoms with Gasteiger partial charge in [-0.15, -0.1) is 0 Å². The number of rotatable bonds is 18. The van der Waals surface area contributed by atoms with Gasteiger partial charge in [-0.25, -0.2) is 9.59 Å². The first-order valence-electron chi connectivity index (χ1n) is 36.6. The monoisotopic (exact) mass is 1270 g/mol. The highest BCUT2D eigenvalue weighted by Gasteiger charge is 2.79. The standard InChI is InChI=1S/C86H52N4O8/c1-81(2,3)97-79(91)87-7-11-93-15-17-95-13-9-89-19-83-71-57-47-36-27-23-24-26-31-25(23)32-29-34(27)42(47)53-45-38(29)49-40(32)51-44(31)52-41-33(26)30-35-28(24)37(36)48-43(35)54-46-39(30)50(41)62-66-56(46)68(64(54)72(83)58(48)57)78-70-69-75-65(55(45)67(63(53)71)77(69)86(78,83)22-89)61(49)73-59(51)60(52)74(62)85(76(66)70)21-90(20-84(73,75)85)10-14-96-18-16-94-12-8-88-80(92)98-82(4,5)6/h7-22H2,1-6H3,(H,87,91)(H,88,92). The van der Waals surface area contributed by atoms with E-state index in [0.717, 1.165) is 39.3 Å². The Morgan fingerprint density at radius 2 is 0.459 bits per heavy atom. The molecular weight excluding hydrogens is 1220 g/mol. The van der Waals surface area contributed by atoms with Gasteiger partial charge in [0.25, 0.3) is 0 Å². The molecule has 0 bridgehead atoms. The fraction of sp³-hybridized carbons (Fsp3) is 0.326. The molecule has 464 valence electrons. The zero-order valence-corrected chi connectivity index (χ0v) is 54.5. The molecule has 2 unspecified atom stereocenters. The Balaban J connectivity index is 0.685. The quantitative estimate of drug-likeness (QED) is 0.0635. The maximum Gasteiger partial charge on any atom is 0.407 e. The Morgan fingerprint density at radius 3 is 0.694 bits per heavy atom. The summed E-state index contributed by atoms with van der Waals surface area (Å²) in [4.78, 5) is 30.8. The predicted molar refractivity (Wildman–Crippen MR) is 391 cm³/mol. The Bertz CT molecular complexity index is 7620. The maximum absolute atomic E-state index is 12.4. The van der Waals surface area contributed by atoms with Crippen molar-refractivity contribution in [1.82, 2.24) is 20.4 Å². The van der Waals surface area contributed by atoms with Crippen molar-refractivity contribution < 1.29 is 38.0 Å². The highest BCUT2D eigenvalue weighted by Crippen LogP contribution is 2.89. The van der Waals surface area contributed by atoms with Gasteiger partial charge in [0.1, 0.15) is 11.2 Å². The lowest BCUT2D eigenvalue weighted by atomic mass is 9.49. The van der Waals surface area contributed by atoms with Gasteiger partial charge in [0.15, 0.2) is 0 Å². The van der Waals surface area contributed by atoms with E-state index >= 15 is 0 Å². The average Bonchev–Trinajstić information content (AvgIpc) is 1.37. The Labute approximate surface area is 550 Å².